The minimum Gasteiger partial charge on any atom is -0.381 e. The van der Waals surface area contributed by atoms with Crippen molar-refractivity contribution in [1.82, 2.24) is 5.32 Å². The molecule has 0 aliphatic heterocycles. The summed E-state index contributed by atoms with van der Waals surface area (Å²) >= 11 is 0. The van der Waals surface area contributed by atoms with Gasteiger partial charge in [-0.1, -0.05) is 20.8 Å². The standard InChI is InChI=1S/C14H26N2O/c1-4-14(11-15,16-13-6-7-13)8-5-9-17-10-12(2)3/h12-13,16H,4-10H2,1-3H3. The second-order valence-corrected chi connectivity index (χ2v) is 5.54. The molecule has 3 heteroatoms. The molecule has 1 saturated carbocycles. The third-order valence-corrected chi connectivity index (χ3v) is 3.22. The van der Waals surface area contributed by atoms with E-state index in [1.807, 2.05) is 0 Å². The molecule has 1 unspecified atom stereocenters. The largest absolute Gasteiger partial charge is 0.381 e. The van der Waals surface area contributed by atoms with Crippen molar-refractivity contribution in [2.75, 3.05) is 13.2 Å². The van der Waals surface area contributed by atoms with Crippen LogP contribution in [0.15, 0.2) is 0 Å². The summed E-state index contributed by atoms with van der Waals surface area (Å²) in [6.45, 7) is 7.99. The monoisotopic (exact) mass is 238 g/mol. The number of ether oxygens (including phenoxy) is 1. The summed E-state index contributed by atoms with van der Waals surface area (Å²) < 4.78 is 5.56. The molecule has 0 radical (unpaired) electrons. The summed E-state index contributed by atoms with van der Waals surface area (Å²) in [6, 6.07) is 3.06. The maximum atomic E-state index is 9.34. The molecule has 0 amide bonds. The highest BCUT2D eigenvalue weighted by Crippen LogP contribution is 2.26. The highest BCUT2D eigenvalue weighted by atomic mass is 16.5. The van der Waals surface area contributed by atoms with Gasteiger partial charge in [-0.2, -0.15) is 5.26 Å². The van der Waals surface area contributed by atoms with E-state index in [0.29, 0.717) is 12.0 Å². The fourth-order valence-electron chi connectivity index (χ4n) is 1.93. The van der Waals surface area contributed by atoms with E-state index in [4.69, 9.17) is 4.74 Å². The summed E-state index contributed by atoms with van der Waals surface area (Å²) in [5, 5.41) is 12.8. The van der Waals surface area contributed by atoms with E-state index < -0.39 is 0 Å². The first-order chi connectivity index (χ1) is 8.12. The van der Waals surface area contributed by atoms with Gasteiger partial charge in [0, 0.05) is 19.3 Å². The van der Waals surface area contributed by atoms with Gasteiger partial charge in [0.15, 0.2) is 0 Å². The first-order valence-electron chi connectivity index (χ1n) is 6.88. The normalized spacial score (nSPS) is 19.0. The van der Waals surface area contributed by atoms with Crippen LogP contribution in [0.2, 0.25) is 0 Å². The highest BCUT2D eigenvalue weighted by molar-refractivity contribution is 5.09. The molecule has 0 aromatic heterocycles. The van der Waals surface area contributed by atoms with Crippen molar-refractivity contribution in [1.29, 1.82) is 5.26 Å². The lowest BCUT2D eigenvalue weighted by Gasteiger charge is -2.26. The van der Waals surface area contributed by atoms with Crippen molar-refractivity contribution >= 4 is 0 Å². The van der Waals surface area contributed by atoms with Crippen molar-refractivity contribution in [2.45, 2.75) is 64.5 Å². The Bertz CT molecular complexity index is 255. The van der Waals surface area contributed by atoms with E-state index in [1.54, 1.807) is 0 Å². The Morgan fingerprint density at radius 3 is 2.65 bits per heavy atom. The summed E-state index contributed by atoms with van der Waals surface area (Å²) in [4.78, 5) is 0. The summed E-state index contributed by atoms with van der Waals surface area (Å²) in [5.41, 5.74) is -0.317. The van der Waals surface area contributed by atoms with Crippen LogP contribution in [0.5, 0.6) is 0 Å². The molecule has 0 bridgehead atoms. The van der Waals surface area contributed by atoms with E-state index in [1.165, 1.54) is 12.8 Å². The fraction of sp³-hybridized carbons (Fsp3) is 0.929. The van der Waals surface area contributed by atoms with E-state index in [0.717, 1.165) is 32.5 Å². The van der Waals surface area contributed by atoms with Crippen LogP contribution in [-0.2, 0) is 4.74 Å². The topological polar surface area (TPSA) is 45.0 Å². The molecule has 0 heterocycles. The molecular formula is C14H26N2O. The van der Waals surface area contributed by atoms with Gasteiger partial charge in [-0.25, -0.2) is 0 Å². The van der Waals surface area contributed by atoms with E-state index >= 15 is 0 Å². The predicted molar refractivity (Wildman–Crippen MR) is 69.7 cm³/mol. The van der Waals surface area contributed by atoms with Gasteiger partial charge in [-0.05, 0) is 38.0 Å². The number of nitrogens with zero attached hydrogens (tertiary/aromatic N) is 1. The molecule has 98 valence electrons. The minimum absolute atomic E-state index is 0.317. The summed E-state index contributed by atoms with van der Waals surface area (Å²) in [5.74, 6) is 0.589. The summed E-state index contributed by atoms with van der Waals surface area (Å²) in [7, 11) is 0. The Morgan fingerprint density at radius 2 is 2.18 bits per heavy atom. The van der Waals surface area contributed by atoms with Gasteiger partial charge in [0.25, 0.3) is 0 Å². The average molecular weight is 238 g/mol. The van der Waals surface area contributed by atoms with Crippen LogP contribution in [0.3, 0.4) is 0 Å². The zero-order valence-electron chi connectivity index (χ0n) is 11.5. The smallest absolute Gasteiger partial charge is 0.106 e. The first-order valence-corrected chi connectivity index (χ1v) is 6.88. The second-order valence-electron chi connectivity index (χ2n) is 5.54. The Kier molecular flexibility index (Phi) is 5.94. The molecular weight excluding hydrogens is 212 g/mol. The third-order valence-electron chi connectivity index (χ3n) is 3.22. The van der Waals surface area contributed by atoms with Crippen molar-refractivity contribution in [3.05, 3.63) is 0 Å². The SMILES string of the molecule is CCC(C#N)(CCCOCC(C)C)NC1CC1. The quantitative estimate of drug-likeness (QED) is 0.628. The van der Waals surface area contributed by atoms with Gasteiger partial charge < -0.3 is 4.74 Å². The zero-order valence-corrected chi connectivity index (χ0v) is 11.5. The molecule has 1 fully saturated rings. The molecule has 0 aromatic carbocycles. The van der Waals surface area contributed by atoms with Gasteiger partial charge in [-0.3, -0.25) is 5.32 Å². The lowest BCUT2D eigenvalue weighted by atomic mass is 9.92. The van der Waals surface area contributed by atoms with Crippen LogP contribution in [0.25, 0.3) is 0 Å². The molecule has 1 aliphatic carbocycles. The lowest BCUT2D eigenvalue weighted by molar-refractivity contribution is 0.102. The molecule has 1 rings (SSSR count). The maximum absolute atomic E-state index is 9.34. The second kappa shape index (κ2) is 6.98. The van der Waals surface area contributed by atoms with Gasteiger partial charge in [0.2, 0.25) is 0 Å². The van der Waals surface area contributed by atoms with Gasteiger partial charge >= 0.3 is 0 Å². The fourth-order valence-corrected chi connectivity index (χ4v) is 1.93. The average Bonchev–Trinajstić information content (AvgIpc) is 3.10. The number of nitrogens with one attached hydrogen (secondary N) is 1. The maximum Gasteiger partial charge on any atom is 0.106 e. The number of hydrogen-bond acceptors (Lipinski definition) is 3. The molecule has 1 aliphatic rings. The Balaban J connectivity index is 2.22. The number of rotatable bonds is 9. The van der Waals surface area contributed by atoms with Crippen LogP contribution in [0.4, 0.5) is 0 Å². The lowest BCUT2D eigenvalue weighted by Crippen LogP contribution is -2.44. The highest BCUT2D eigenvalue weighted by Gasteiger charge is 2.34. The Morgan fingerprint density at radius 1 is 1.47 bits per heavy atom. The van der Waals surface area contributed by atoms with Gasteiger partial charge in [0.1, 0.15) is 5.54 Å². The van der Waals surface area contributed by atoms with Crippen molar-refractivity contribution < 1.29 is 4.74 Å². The Hall–Kier alpha value is -0.590. The van der Waals surface area contributed by atoms with Crippen LogP contribution in [0.1, 0.15) is 52.9 Å². The van der Waals surface area contributed by atoms with Gasteiger partial charge in [-0.15, -0.1) is 0 Å². The van der Waals surface area contributed by atoms with Crippen molar-refractivity contribution in [3.8, 4) is 6.07 Å². The van der Waals surface area contributed by atoms with Crippen LogP contribution in [0, 0.1) is 17.2 Å². The molecule has 17 heavy (non-hydrogen) atoms. The molecule has 1 N–H and O–H groups in total. The number of nitriles is 1. The minimum atomic E-state index is -0.317. The van der Waals surface area contributed by atoms with E-state index in [-0.39, 0.29) is 5.54 Å². The summed E-state index contributed by atoms with van der Waals surface area (Å²) in [6.07, 6.45) is 5.20. The predicted octanol–water partition coefficient (Wildman–Crippen LogP) is 2.86. The molecule has 1 atom stereocenters. The van der Waals surface area contributed by atoms with Crippen LogP contribution >= 0.6 is 0 Å². The number of hydrogen-bond donors (Lipinski definition) is 1. The van der Waals surface area contributed by atoms with E-state index in [2.05, 4.69) is 32.2 Å². The van der Waals surface area contributed by atoms with Crippen LogP contribution < -0.4 is 5.32 Å². The first kappa shape index (κ1) is 14.5. The molecule has 0 aromatic rings. The third kappa shape index (κ3) is 5.52. The molecule has 0 saturated heterocycles. The van der Waals surface area contributed by atoms with Crippen molar-refractivity contribution in [3.63, 3.8) is 0 Å². The van der Waals surface area contributed by atoms with E-state index in [9.17, 15) is 5.26 Å². The molecule has 3 nitrogen and oxygen atoms in total. The van der Waals surface area contributed by atoms with Crippen LogP contribution in [-0.4, -0.2) is 24.8 Å². The van der Waals surface area contributed by atoms with Gasteiger partial charge in [0.05, 0.1) is 6.07 Å². The van der Waals surface area contributed by atoms with Crippen molar-refractivity contribution in [2.24, 2.45) is 5.92 Å². The Labute approximate surface area is 106 Å². The molecule has 0 spiro atoms. The zero-order chi connectivity index (χ0) is 12.7.